The lowest BCUT2D eigenvalue weighted by Crippen LogP contribution is -2.08. The molecule has 0 aliphatic heterocycles. The van der Waals surface area contributed by atoms with Crippen molar-refractivity contribution < 1.29 is 0 Å². The molecule has 0 saturated carbocycles. The van der Waals surface area contributed by atoms with Crippen LogP contribution in [0.25, 0.3) is 0 Å². The van der Waals surface area contributed by atoms with Crippen LogP contribution in [0.2, 0.25) is 0 Å². The molecule has 0 heterocycles. The molecule has 0 radical (unpaired) electrons. The Kier molecular flexibility index (Phi) is 2.94. The Morgan fingerprint density at radius 1 is 1.56 bits per heavy atom. The molecule has 0 rings (SSSR count). The Morgan fingerprint density at radius 2 is 2.11 bits per heavy atom. The van der Waals surface area contributed by atoms with Crippen molar-refractivity contribution in [3.05, 3.63) is 0 Å². The molecule has 0 saturated heterocycles. The molecule has 50 valence electrons. The van der Waals surface area contributed by atoms with E-state index in [9.17, 15) is 0 Å². The van der Waals surface area contributed by atoms with E-state index in [0.717, 1.165) is 6.54 Å². The molecule has 2 nitrogen and oxygen atoms in total. The van der Waals surface area contributed by atoms with Gasteiger partial charge in [-0.2, -0.15) is 5.26 Å². The highest BCUT2D eigenvalue weighted by atomic mass is 14.7. The quantitative estimate of drug-likeness (QED) is 0.489. The summed E-state index contributed by atoms with van der Waals surface area (Å²) in [7, 11) is 0. The molecular weight excluding hydrogens is 112 g/mol. The van der Waals surface area contributed by atoms with E-state index in [1.165, 1.54) is 6.21 Å². The van der Waals surface area contributed by atoms with Gasteiger partial charge >= 0.3 is 0 Å². The maximum Gasteiger partial charge on any atom is 0.111 e. The van der Waals surface area contributed by atoms with E-state index in [2.05, 4.69) is 25.8 Å². The van der Waals surface area contributed by atoms with Crippen molar-refractivity contribution in [1.82, 2.24) is 0 Å². The molecule has 0 aliphatic rings. The van der Waals surface area contributed by atoms with Gasteiger partial charge in [-0.05, 0) is 5.41 Å². The second-order valence-electron chi connectivity index (χ2n) is 3.16. The maximum atomic E-state index is 8.06. The summed E-state index contributed by atoms with van der Waals surface area (Å²) in [6, 6.07) is 1.85. The fourth-order valence-corrected chi connectivity index (χ4v) is 0.360. The highest BCUT2D eigenvalue weighted by Gasteiger charge is 2.06. The van der Waals surface area contributed by atoms with Crippen molar-refractivity contribution in [2.75, 3.05) is 6.54 Å². The molecule has 9 heavy (non-hydrogen) atoms. The van der Waals surface area contributed by atoms with Gasteiger partial charge in [0.25, 0.3) is 0 Å². The Balaban J connectivity index is 3.54. The third-order valence-electron chi connectivity index (χ3n) is 0.715. The number of rotatable bonds is 1. The highest BCUT2D eigenvalue weighted by Crippen LogP contribution is 2.11. The molecule has 0 fully saturated rings. The average Bonchev–Trinajstić information content (AvgIpc) is 1.63. The summed E-state index contributed by atoms with van der Waals surface area (Å²) < 4.78 is 0. The molecule has 0 unspecified atom stereocenters. The first-order chi connectivity index (χ1) is 4.06. The van der Waals surface area contributed by atoms with Crippen molar-refractivity contribution in [3.8, 4) is 6.07 Å². The van der Waals surface area contributed by atoms with Gasteiger partial charge in [0.05, 0.1) is 6.21 Å². The normalized spacial score (nSPS) is 11.8. The van der Waals surface area contributed by atoms with Crippen molar-refractivity contribution >= 4 is 6.21 Å². The molecule has 0 spiro atoms. The van der Waals surface area contributed by atoms with Crippen LogP contribution in [-0.2, 0) is 0 Å². The van der Waals surface area contributed by atoms with Crippen LogP contribution in [0.5, 0.6) is 0 Å². The van der Waals surface area contributed by atoms with Crippen LogP contribution in [0, 0.1) is 16.7 Å². The van der Waals surface area contributed by atoms with E-state index in [1.807, 2.05) is 6.07 Å². The van der Waals surface area contributed by atoms with Crippen LogP contribution < -0.4 is 0 Å². The highest BCUT2D eigenvalue weighted by molar-refractivity contribution is 5.74. The number of nitriles is 1. The standard InChI is InChI=1S/C7H12N2/c1-7(2,3)6-9-5-4-8/h5H,6H2,1-3H3. The van der Waals surface area contributed by atoms with Gasteiger partial charge in [0.1, 0.15) is 6.07 Å². The van der Waals surface area contributed by atoms with Crippen LogP contribution in [0.4, 0.5) is 0 Å². The van der Waals surface area contributed by atoms with Gasteiger partial charge in [0.2, 0.25) is 0 Å². The Labute approximate surface area is 56.2 Å². The number of hydrogen-bond donors (Lipinski definition) is 0. The Bertz CT molecular complexity index is 134. The SMILES string of the molecule is CC(C)(C)CN=CC#N. The molecule has 0 aromatic heterocycles. The largest absolute Gasteiger partial charge is 0.281 e. The van der Waals surface area contributed by atoms with Gasteiger partial charge < -0.3 is 0 Å². The van der Waals surface area contributed by atoms with Crippen molar-refractivity contribution in [2.24, 2.45) is 10.4 Å². The summed E-state index contributed by atoms with van der Waals surface area (Å²) >= 11 is 0. The predicted molar refractivity (Wildman–Crippen MR) is 38.4 cm³/mol. The molecule has 2 heteroatoms. The maximum absolute atomic E-state index is 8.06. The van der Waals surface area contributed by atoms with E-state index in [1.54, 1.807) is 0 Å². The van der Waals surface area contributed by atoms with Crippen molar-refractivity contribution in [3.63, 3.8) is 0 Å². The van der Waals surface area contributed by atoms with Crippen LogP contribution >= 0.6 is 0 Å². The zero-order valence-electron chi connectivity index (χ0n) is 6.18. The minimum atomic E-state index is 0.202. The third-order valence-corrected chi connectivity index (χ3v) is 0.715. The van der Waals surface area contributed by atoms with Gasteiger partial charge in [-0.25, -0.2) is 0 Å². The zero-order valence-corrected chi connectivity index (χ0v) is 6.18. The topological polar surface area (TPSA) is 36.1 Å². The van der Waals surface area contributed by atoms with E-state index in [4.69, 9.17) is 5.26 Å². The summed E-state index contributed by atoms with van der Waals surface area (Å²) in [6.07, 6.45) is 1.28. The van der Waals surface area contributed by atoms with Gasteiger partial charge in [-0.1, -0.05) is 20.8 Å². The second kappa shape index (κ2) is 3.24. The molecule has 0 aromatic carbocycles. The number of aliphatic imine (C=N–C) groups is 1. The second-order valence-corrected chi connectivity index (χ2v) is 3.16. The van der Waals surface area contributed by atoms with Crippen molar-refractivity contribution in [1.29, 1.82) is 5.26 Å². The molecule has 0 atom stereocenters. The van der Waals surface area contributed by atoms with Crippen LogP contribution in [0.3, 0.4) is 0 Å². The van der Waals surface area contributed by atoms with E-state index < -0.39 is 0 Å². The first-order valence-electron chi connectivity index (χ1n) is 2.94. The molecule has 0 aromatic rings. The first-order valence-corrected chi connectivity index (χ1v) is 2.94. The summed E-state index contributed by atoms with van der Waals surface area (Å²) in [5.74, 6) is 0. The van der Waals surface area contributed by atoms with Crippen LogP contribution in [-0.4, -0.2) is 12.8 Å². The molecule has 0 N–H and O–H groups in total. The fraction of sp³-hybridized carbons (Fsp3) is 0.714. The molecule has 0 amide bonds. The van der Waals surface area contributed by atoms with Gasteiger partial charge in [0.15, 0.2) is 0 Å². The molecule has 0 bridgehead atoms. The minimum absolute atomic E-state index is 0.202. The Morgan fingerprint density at radius 3 is 2.44 bits per heavy atom. The first kappa shape index (κ1) is 8.16. The lowest BCUT2D eigenvalue weighted by molar-refractivity contribution is 0.430. The van der Waals surface area contributed by atoms with Gasteiger partial charge in [-0.15, -0.1) is 0 Å². The number of nitrogens with zero attached hydrogens (tertiary/aromatic N) is 2. The lowest BCUT2D eigenvalue weighted by Gasteiger charge is -2.12. The van der Waals surface area contributed by atoms with E-state index in [0.29, 0.717) is 0 Å². The van der Waals surface area contributed by atoms with E-state index >= 15 is 0 Å². The summed E-state index contributed by atoms with van der Waals surface area (Å²) in [6.45, 7) is 6.98. The van der Waals surface area contributed by atoms with Gasteiger partial charge in [-0.3, -0.25) is 4.99 Å². The molecular formula is C7H12N2. The molecule has 0 aliphatic carbocycles. The van der Waals surface area contributed by atoms with E-state index in [-0.39, 0.29) is 5.41 Å². The van der Waals surface area contributed by atoms with Crippen molar-refractivity contribution in [2.45, 2.75) is 20.8 Å². The van der Waals surface area contributed by atoms with Gasteiger partial charge in [0, 0.05) is 6.54 Å². The zero-order chi connectivity index (χ0) is 7.33. The third kappa shape index (κ3) is 7.16. The fourth-order valence-electron chi connectivity index (χ4n) is 0.360. The lowest BCUT2D eigenvalue weighted by atomic mass is 9.97. The van der Waals surface area contributed by atoms with Crippen LogP contribution in [0.1, 0.15) is 20.8 Å². The smallest absolute Gasteiger partial charge is 0.111 e. The predicted octanol–water partition coefficient (Wildman–Crippen LogP) is 1.63. The monoisotopic (exact) mass is 124 g/mol. The van der Waals surface area contributed by atoms with Crippen LogP contribution in [0.15, 0.2) is 4.99 Å². The summed E-state index contributed by atoms with van der Waals surface area (Å²) in [4.78, 5) is 3.88. The number of hydrogen-bond acceptors (Lipinski definition) is 2. The minimum Gasteiger partial charge on any atom is -0.281 e. The average molecular weight is 124 g/mol. The summed E-state index contributed by atoms with van der Waals surface area (Å²) in [5.41, 5.74) is 0.202. The summed E-state index contributed by atoms with van der Waals surface area (Å²) in [5, 5.41) is 8.06. The Hall–Kier alpha value is -0.840.